The Kier molecular flexibility index (Phi) is 5.93. The van der Waals surface area contributed by atoms with E-state index in [9.17, 15) is 0 Å². The van der Waals surface area contributed by atoms with Gasteiger partial charge in [0.25, 0.3) is 0 Å². The van der Waals surface area contributed by atoms with Gasteiger partial charge in [-0.3, -0.25) is 4.98 Å². The van der Waals surface area contributed by atoms with Crippen LogP contribution in [0.3, 0.4) is 0 Å². The number of anilines is 2. The number of piperazine rings is 1. The maximum absolute atomic E-state index is 16.4. The van der Waals surface area contributed by atoms with E-state index in [1.807, 2.05) is 30.3 Å². The highest BCUT2D eigenvalue weighted by atomic mass is 35.5. The summed E-state index contributed by atoms with van der Waals surface area (Å²) in [4.78, 5) is 20.1. The fourth-order valence-electron chi connectivity index (χ4n) is 5.74. The van der Waals surface area contributed by atoms with Gasteiger partial charge in [-0.25, -0.2) is 9.37 Å². The molecule has 2 unspecified atom stereocenters. The monoisotopic (exact) mass is 544 g/mol. The Bertz CT molecular complexity index is 1690. The summed E-state index contributed by atoms with van der Waals surface area (Å²) >= 11 is 6.55. The third-order valence-electron chi connectivity index (χ3n) is 7.58. The van der Waals surface area contributed by atoms with E-state index in [1.54, 1.807) is 29.2 Å². The summed E-state index contributed by atoms with van der Waals surface area (Å²) in [6.07, 6.45) is 7.28. The molecule has 0 saturated carbocycles. The van der Waals surface area contributed by atoms with Crippen LogP contribution in [0.2, 0.25) is 5.02 Å². The summed E-state index contributed by atoms with van der Waals surface area (Å²) in [6, 6.07) is 12.1. The molecule has 7 rings (SSSR count). The highest BCUT2D eigenvalue weighted by Gasteiger charge is 2.34. The van der Waals surface area contributed by atoms with E-state index in [0.29, 0.717) is 46.4 Å². The standard InChI is InChI=1S/C28H26ClFN8O/c29-21-6-2-4-16-3-1-5-19(22(16)21)24-23(30)25-20(13-33-24)26(38-14-17-7-8-18(15-38)34-17)36-28(35-25)39-12-11-37-10-9-32-27(37)31/h1-6,9-10,13,17-18,34H,7-8,11-12,14-15H2,(H2,31,32). The van der Waals surface area contributed by atoms with Gasteiger partial charge in [-0.1, -0.05) is 41.9 Å². The van der Waals surface area contributed by atoms with Gasteiger partial charge in [0.05, 0.1) is 11.9 Å². The van der Waals surface area contributed by atoms with Crippen LogP contribution < -0.4 is 20.7 Å². The number of nitrogens with two attached hydrogens (primary N) is 1. The summed E-state index contributed by atoms with van der Waals surface area (Å²) in [5.41, 5.74) is 6.83. The molecule has 0 aliphatic carbocycles. The first-order valence-corrected chi connectivity index (χ1v) is 13.4. The maximum Gasteiger partial charge on any atom is 0.319 e. The third-order valence-corrected chi connectivity index (χ3v) is 7.89. The van der Waals surface area contributed by atoms with Crippen LogP contribution in [0.25, 0.3) is 32.9 Å². The summed E-state index contributed by atoms with van der Waals surface area (Å²) in [7, 11) is 0. The van der Waals surface area contributed by atoms with Crippen molar-refractivity contribution in [1.29, 1.82) is 0 Å². The van der Waals surface area contributed by atoms with Crippen molar-refractivity contribution in [3.8, 4) is 17.3 Å². The highest BCUT2D eigenvalue weighted by molar-refractivity contribution is 6.36. The molecule has 3 N–H and O–H groups in total. The number of aromatic nitrogens is 5. The fraction of sp³-hybridized carbons (Fsp3) is 0.286. The molecular formula is C28H26ClFN8O. The normalized spacial score (nSPS) is 18.8. The van der Waals surface area contributed by atoms with E-state index in [2.05, 4.69) is 25.2 Å². The minimum Gasteiger partial charge on any atom is -0.461 e. The largest absolute Gasteiger partial charge is 0.461 e. The quantitative estimate of drug-likeness (QED) is 0.323. The van der Waals surface area contributed by atoms with E-state index < -0.39 is 5.82 Å². The average molecular weight is 545 g/mol. The summed E-state index contributed by atoms with van der Waals surface area (Å²) < 4.78 is 24.1. The van der Waals surface area contributed by atoms with Gasteiger partial charge in [0, 0.05) is 59.7 Å². The Labute approximate surface area is 228 Å². The average Bonchev–Trinajstić information content (AvgIpc) is 3.51. The van der Waals surface area contributed by atoms with Crippen molar-refractivity contribution < 1.29 is 9.13 Å². The van der Waals surface area contributed by atoms with Crippen LogP contribution in [0.4, 0.5) is 16.2 Å². The number of nitrogens with zero attached hydrogens (tertiary/aromatic N) is 6. The zero-order valence-corrected chi connectivity index (χ0v) is 21.8. The first-order valence-electron chi connectivity index (χ1n) is 13.0. The van der Waals surface area contributed by atoms with Gasteiger partial charge in [0.1, 0.15) is 23.6 Å². The number of fused-ring (bicyclic) bond motifs is 4. The van der Waals surface area contributed by atoms with Crippen molar-refractivity contribution in [2.75, 3.05) is 30.3 Å². The van der Waals surface area contributed by atoms with Crippen molar-refractivity contribution in [1.82, 2.24) is 29.8 Å². The molecule has 39 heavy (non-hydrogen) atoms. The molecule has 0 spiro atoms. The molecule has 0 amide bonds. The predicted octanol–water partition coefficient (Wildman–Crippen LogP) is 4.44. The van der Waals surface area contributed by atoms with Crippen molar-refractivity contribution in [3.05, 3.63) is 65.8 Å². The Morgan fingerprint density at radius 3 is 2.64 bits per heavy atom. The van der Waals surface area contributed by atoms with Crippen LogP contribution in [-0.2, 0) is 6.54 Å². The van der Waals surface area contributed by atoms with Crippen molar-refractivity contribution in [2.24, 2.45) is 0 Å². The van der Waals surface area contributed by atoms with Crippen molar-refractivity contribution >= 4 is 45.0 Å². The van der Waals surface area contributed by atoms with Gasteiger partial charge in [-0.15, -0.1) is 0 Å². The van der Waals surface area contributed by atoms with Gasteiger partial charge in [0.2, 0.25) is 0 Å². The van der Waals surface area contributed by atoms with Gasteiger partial charge in [-0.2, -0.15) is 9.97 Å². The number of benzene rings is 2. The van der Waals surface area contributed by atoms with Gasteiger partial charge >= 0.3 is 6.01 Å². The van der Waals surface area contributed by atoms with Crippen LogP contribution in [0.5, 0.6) is 6.01 Å². The first-order chi connectivity index (χ1) is 19.0. The molecule has 2 fully saturated rings. The third kappa shape index (κ3) is 4.29. The lowest BCUT2D eigenvalue weighted by Gasteiger charge is -2.34. The second kappa shape index (κ2) is 9.62. The number of rotatable bonds is 6. The summed E-state index contributed by atoms with van der Waals surface area (Å²) in [5.74, 6) is 0.486. The first kappa shape index (κ1) is 24.1. The van der Waals surface area contributed by atoms with Crippen LogP contribution in [-0.4, -0.2) is 56.3 Å². The molecule has 5 aromatic rings. The van der Waals surface area contributed by atoms with Gasteiger partial charge < -0.3 is 25.3 Å². The molecule has 2 aromatic carbocycles. The van der Waals surface area contributed by atoms with Crippen LogP contribution in [0, 0.1) is 5.82 Å². The molecule has 198 valence electrons. The number of hydrogen-bond donors (Lipinski definition) is 2. The van der Waals surface area contributed by atoms with Gasteiger partial charge in [0.15, 0.2) is 11.8 Å². The zero-order chi connectivity index (χ0) is 26.5. The number of halogens is 2. The molecule has 9 nitrogen and oxygen atoms in total. The molecular weight excluding hydrogens is 519 g/mol. The molecule has 2 aliphatic rings. The molecule has 2 aliphatic heterocycles. The summed E-state index contributed by atoms with van der Waals surface area (Å²) in [6.45, 7) is 2.25. The minimum absolute atomic E-state index is 0.106. The summed E-state index contributed by atoms with van der Waals surface area (Å²) in [5, 5.41) is 6.37. The highest BCUT2D eigenvalue weighted by Crippen LogP contribution is 2.38. The zero-order valence-electron chi connectivity index (χ0n) is 21.0. The van der Waals surface area contributed by atoms with E-state index in [4.69, 9.17) is 27.1 Å². The number of nitrogens with one attached hydrogen (secondary N) is 1. The van der Waals surface area contributed by atoms with Crippen LogP contribution in [0.1, 0.15) is 12.8 Å². The van der Waals surface area contributed by atoms with E-state index in [0.717, 1.165) is 36.7 Å². The predicted molar refractivity (Wildman–Crippen MR) is 150 cm³/mol. The van der Waals surface area contributed by atoms with E-state index in [-0.39, 0.29) is 23.8 Å². The Hall–Kier alpha value is -4.02. The molecule has 3 aromatic heterocycles. The molecule has 11 heteroatoms. The van der Waals surface area contributed by atoms with Crippen molar-refractivity contribution in [3.63, 3.8) is 0 Å². The van der Waals surface area contributed by atoms with Crippen LogP contribution >= 0.6 is 11.6 Å². The lowest BCUT2D eigenvalue weighted by molar-refractivity contribution is 0.277. The lowest BCUT2D eigenvalue weighted by Crippen LogP contribution is -2.51. The Balaban J connectivity index is 1.33. The van der Waals surface area contributed by atoms with Gasteiger partial charge in [-0.05, 0) is 24.3 Å². The van der Waals surface area contributed by atoms with Crippen molar-refractivity contribution in [2.45, 2.75) is 31.5 Å². The number of ether oxygens (including phenoxy) is 1. The topological polar surface area (TPSA) is 107 Å². The smallest absolute Gasteiger partial charge is 0.319 e. The SMILES string of the molecule is Nc1nccn1CCOc1nc(N2CC3CCC(C2)N3)c2cnc(-c3cccc4cccc(Cl)c34)c(F)c2n1. The fourth-order valence-corrected chi connectivity index (χ4v) is 6.03. The minimum atomic E-state index is -0.537. The maximum atomic E-state index is 16.4. The second-order valence-corrected chi connectivity index (χ2v) is 10.4. The van der Waals surface area contributed by atoms with E-state index >= 15 is 4.39 Å². The van der Waals surface area contributed by atoms with Crippen LogP contribution in [0.15, 0.2) is 55.0 Å². The molecule has 2 saturated heterocycles. The number of nitrogen functional groups attached to an aromatic ring is 1. The lowest BCUT2D eigenvalue weighted by atomic mass is 10.0. The molecule has 5 heterocycles. The van der Waals surface area contributed by atoms with E-state index in [1.165, 1.54) is 0 Å². The molecule has 2 bridgehead atoms. The Morgan fingerprint density at radius 1 is 1.08 bits per heavy atom. The Morgan fingerprint density at radius 2 is 1.87 bits per heavy atom. The number of imidazole rings is 1. The second-order valence-electron chi connectivity index (χ2n) is 10.0. The molecule has 2 atom stereocenters. The molecule has 0 radical (unpaired) electrons. The number of hydrogen-bond acceptors (Lipinski definition) is 8. The number of pyridine rings is 1.